The van der Waals surface area contributed by atoms with Crippen molar-refractivity contribution in [2.24, 2.45) is 5.41 Å². The number of para-hydroxylation sites is 1. The fraction of sp³-hybridized carbons (Fsp3) is 0.250. The molecule has 0 saturated carbocycles. The number of rotatable bonds is 1. The molecule has 1 saturated heterocycles. The molecule has 0 N–H and O–H groups in total. The average Bonchev–Trinajstić information content (AvgIpc) is 2.97. The SMILES string of the molecule is CC1(C)CN(c2ccccc2)C(=O)C12C=C(Cl)c1ccccc12. The molecule has 0 aromatic heterocycles. The Balaban J connectivity index is 1.92. The standard InChI is InChI=1S/C20H18ClNO/c1-19(2)13-22(14-8-4-3-5-9-14)18(23)20(19)12-17(21)15-10-6-7-11-16(15)20/h3-12H,13H2,1-2H3. The van der Waals surface area contributed by atoms with Crippen molar-refractivity contribution >= 4 is 28.2 Å². The van der Waals surface area contributed by atoms with Crippen molar-refractivity contribution in [3.63, 3.8) is 0 Å². The van der Waals surface area contributed by atoms with E-state index >= 15 is 0 Å². The predicted molar refractivity (Wildman–Crippen MR) is 94.5 cm³/mol. The molecule has 2 aromatic carbocycles. The summed E-state index contributed by atoms with van der Waals surface area (Å²) in [5, 5.41) is 0.678. The van der Waals surface area contributed by atoms with Crippen molar-refractivity contribution in [2.45, 2.75) is 19.3 Å². The largest absolute Gasteiger partial charge is 0.311 e. The summed E-state index contributed by atoms with van der Waals surface area (Å²) in [5.41, 5.74) is 2.02. The van der Waals surface area contributed by atoms with Crippen LogP contribution < -0.4 is 4.90 Å². The second-order valence-electron chi connectivity index (χ2n) is 6.96. The molecule has 1 fully saturated rings. The van der Waals surface area contributed by atoms with Crippen LogP contribution in [-0.4, -0.2) is 12.5 Å². The van der Waals surface area contributed by atoms with E-state index in [-0.39, 0.29) is 11.3 Å². The Bertz CT molecular complexity index is 825. The molecule has 3 heteroatoms. The summed E-state index contributed by atoms with van der Waals surface area (Å²) in [6.07, 6.45) is 1.96. The van der Waals surface area contributed by atoms with Crippen LogP contribution in [0.5, 0.6) is 0 Å². The van der Waals surface area contributed by atoms with Crippen LogP contribution in [0.15, 0.2) is 60.7 Å². The molecule has 4 rings (SSSR count). The van der Waals surface area contributed by atoms with Gasteiger partial charge in [0.2, 0.25) is 5.91 Å². The minimum absolute atomic E-state index is 0.108. The zero-order chi connectivity index (χ0) is 16.2. The van der Waals surface area contributed by atoms with Gasteiger partial charge in [-0.15, -0.1) is 0 Å². The topological polar surface area (TPSA) is 20.3 Å². The molecule has 1 unspecified atom stereocenters. The summed E-state index contributed by atoms with van der Waals surface area (Å²) < 4.78 is 0. The Labute approximate surface area is 141 Å². The minimum atomic E-state index is -0.684. The van der Waals surface area contributed by atoms with Crippen LogP contribution in [0.4, 0.5) is 5.69 Å². The van der Waals surface area contributed by atoms with Crippen LogP contribution in [-0.2, 0) is 10.2 Å². The van der Waals surface area contributed by atoms with Gasteiger partial charge in [-0.1, -0.05) is 67.9 Å². The number of fused-ring (bicyclic) bond motifs is 2. The molecule has 0 radical (unpaired) electrons. The van der Waals surface area contributed by atoms with Crippen molar-refractivity contribution in [1.82, 2.24) is 0 Å². The highest BCUT2D eigenvalue weighted by molar-refractivity contribution is 6.50. The summed E-state index contributed by atoms with van der Waals surface area (Å²) in [6.45, 7) is 4.97. The van der Waals surface area contributed by atoms with Crippen molar-refractivity contribution in [1.29, 1.82) is 0 Å². The Morgan fingerprint density at radius 1 is 1.00 bits per heavy atom. The highest BCUT2D eigenvalue weighted by Crippen LogP contribution is 2.57. The number of nitrogens with zero attached hydrogens (tertiary/aromatic N) is 1. The van der Waals surface area contributed by atoms with Crippen molar-refractivity contribution < 1.29 is 4.79 Å². The first-order valence-corrected chi connectivity index (χ1v) is 8.20. The lowest BCUT2D eigenvalue weighted by molar-refractivity contribution is -0.121. The van der Waals surface area contributed by atoms with E-state index in [0.29, 0.717) is 11.6 Å². The molecule has 0 bridgehead atoms. The quantitative estimate of drug-likeness (QED) is 0.751. The fourth-order valence-corrected chi connectivity index (χ4v) is 4.36. The van der Waals surface area contributed by atoms with E-state index in [2.05, 4.69) is 13.8 Å². The maximum Gasteiger partial charge on any atom is 0.242 e. The van der Waals surface area contributed by atoms with E-state index in [1.165, 1.54) is 0 Å². The minimum Gasteiger partial charge on any atom is -0.311 e. The molecule has 1 amide bonds. The van der Waals surface area contributed by atoms with E-state index in [9.17, 15) is 4.79 Å². The second-order valence-corrected chi connectivity index (χ2v) is 7.36. The molecule has 1 aliphatic heterocycles. The number of benzene rings is 2. The van der Waals surface area contributed by atoms with Gasteiger partial charge in [-0.05, 0) is 29.3 Å². The lowest BCUT2D eigenvalue weighted by Gasteiger charge is -2.34. The van der Waals surface area contributed by atoms with E-state index in [4.69, 9.17) is 11.6 Å². The number of hydrogen-bond acceptors (Lipinski definition) is 1. The van der Waals surface area contributed by atoms with Gasteiger partial charge in [0.05, 0.1) is 0 Å². The van der Waals surface area contributed by atoms with Gasteiger partial charge in [-0.25, -0.2) is 0 Å². The summed E-state index contributed by atoms with van der Waals surface area (Å²) in [5.74, 6) is 0.108. The van der Waals surface area contributed by atoms with Gasteiger partial charge in [0.25, 0.3) is 0 Å². The van der Waals surface area contributed by atoms with E-state index < -0.39 is 5.41 Å². The second kappa shape index (κ2) is 4.72. The zero-order valence-electron chi connectivity index (χ0n) is 13.2. The molecular weight excluding hydrogens is 306 g/mol. The molecule has 1 heterocycles. The number of carbonyl (C=O) groups is 1. The number of amides is 1. The molecule has 1 spiro atoms. The molecule has 2 nitrogen and oxygen atoms in total. The average molecular weight is 324 g/mol. The van der Waals surface area contributed by atoms with Crippen LogP contribution in [0.25, 0.3) is 5.03 Å². The Hall–Kier alpha value is -2.06. The highest BCUT2D eigenvalue weighted by atomic mass is 35.5. The first-order valence-electron chi connectivity index (χ1n) is 7.83. The normalized spacial score (nSPS) is 24.9. The van der Waals surface area contributed by atoms with Gasteiger partial charge in [0.15, 0.2) is 0 Å². The maximum absolute atomic E-state index is 13.5. The molecular formula is C20H18ClNO. The number of anilines is 1. The third-order valence-electron chi connectivity index (χ3n) is 5.22. The van der Waals surface area contributed by atoms with Crippen LogP contribution in [0.2, 0.25) is 0 Å². The lowest BCUT2D eigenvalue weighted by Crippen LogP contribution is -2.42. The van der Waals surface area contributed by atoms with E-state index in [0.717, 1.165) is 16.8 Å². The van der Waals surface area contributed by atoms with Gasteiger partial charge in [-0.2, -0.15) is 0 Å². The number of halogens is 1. The third kappa shape index (κ3) is 1.79. The van der Waals surface area contributed by atoms with Gasteiger partial charge in [-0.3, -0.25) is 4.79 Å². The molecule has 2 aromatic rings. The fourth-order valence-electron chi connectivity index (χ4n) is 4.03. The smallest absolute Gasteiger partial charge is 0.242 e. The summed E-state index contributed by atoms with van der Waals surface area (Å²) >= 11 is 6.49. The molecule has 1 aliphatic carbocycles. The number of carbonyl (C=O) groups excluding carboxylic acids is 1. The van der Waals surface area contributed by atoms with Crippen LogP contribution in [0, 0.1) is 5.41 Å². The summed E-state index contributed by atoms with van der Waals surface area (Å²) in [7, 11) is 0. The summed E-state index contributed by atoms with van der Waals surface area (Å²) in [4.78, 5) is 15.4. The first kappa shape index (κ1) is 14.5. The number of hydrogen-bond donors (Lipinski definition) is 0. The van der Waals surface area contributed by atoms with E-state index in [1.807, 2.05) is 65.6 Å². The monoisotopic (exact) mass is 323 g/mol. The third-order valence-corrected chi connectivity index (χ3v) is 5.54. The highest BCUT2D eigenvalue weighted by Gasteiger charge is 2.61. The maximum atomic E-state index is 13.5. The van der Waals surface area contributed by atoms with E-state index in [1.54, 1.807) is 0 Å². The lowest BCUT2D eigenvalue weighted by atomic mass is 9.65. The predicted octanol–water partition coefficient (Wildman–Crippen LogP) is 4.59. The molecule has 2 aliphatic rings. The van der Waals surface area contributed by atoms with Gasteiger partial charge in [0.1, 0.15) is 5.41 Å². The Kier molecular flexibility index (Phi) is 2.98. The molecule has 23 heavy (non-hydrogen) atoms. The first-order chi connectivity index (χ1) is 11.0. The Morgan fingerprint density at radius 3 is 2.39 bits per heavy atom. The van der Waals surface area contributed by atoms with Gasteiger partial charge < -0.3 is 4.90 Å². The molecule has 116 valence electrons. The van der Waals surface area contributed by atoms with Crippen molar-refractivity contribution in [3.05, 3.63) is 71.8 Å². The van der Waals surface area contributed by atoms with Gasteiger partial charge >= 0.3 is 0 Å². The summed E-state index contributed by atoms with van der Waals surface area (Å²) in [6, 6.07) is 17.9. The van der Waals surface area contributed by atoms with Crippen LogP contribution in [0.3, 0.4) is 0 Å². The van der Waals surface area contributed by atoms with Crippen LogP contribution >= 0.6 is 11.6 Å². The zero-order valence-corrected chi connectivity index (χ0v) is 14.0. The van der Waals surface area contributed by atoms with Crippen molar-refractivity contribution in [2.75, 3.05) is 11.4 Å². The molecule has 1 atom stereocenters. The Morgan fingerprint density at radius 2 is 1.65 bits per heavy atom. The van der Waals surface area contributed by atoms with Crippen molar-refractivity contribution in [3.8, 4) is 0 Å². The van der Waals surface area contributed by atoms with Crippen LogP contribution in [0.1, 0.15) is 25.0 Å². The van der Waals surface area contributed by atoms with Gasteiger partial charge in [0, 0.05) is 22.7 Å².